The van der Waals surface area contributed by atoms with Gasteiger partial charge in [0.2, 0.25) is 0 Å². The van der Waals surface area contributed by atoms with Crippen LogP contribution in [0.1, 0.15) is 23.7 Å². The zero-order valence-corrected chi connectivity index (χ0v) is 12.0. The van der Waals surface area contributed by atoms with Crippen LogP contribution in [0.2, 0.25) is 0 Å². The Kier molecular flexibility index (Phi) is 3.79. The Bertz CT molecular complexity index is 703. The predicted octanol–water partition coefficient (Wildman–Crippen LogP) is 1.35. The van der Waals surface area contributed by atoms with E-state index in [1.807, 2.05) is 11.8 Å². The molecule has 1 amide bonds. The van der Waals surface area contributed by atoms with E-state index in [1.165, 1.54) is 0 Å². The third-order valence-corrected chi connectivity index (χ3v) is 3.91. The second kappa shape index (κ2) is 5.73. The number of carbonyl (C=O) groups is 1. The molecule has 1 aliphatic heterocycles. The molecule has 3 rings (SSSR count). The van der Waals surface area contributed by atoms with Crippen LogP contribution in [0.4, 0.5) is 0 Å². The average molecular weight is 289 g/mol. The molecule has 1 aromatic carbocycles. The number of ether oxygens (including phenoxy) is 1. The summed E-state index contributed by atoms with van der Waals surface area (Å²) in [7, 11) is 0. The number of hydrogen-bond acceptors (Lipinski definition) is 3. The number of rotatable bonds is 4. The number of nitrogens with zero attached hydrogens (tertiary/aromatic N) is 1. The van der Waals surface area contributed by atoms with E-state index in [0.717, 1.165) is 13.0 Å². The molecule has 1 atom stereocenters. The van der Waals surface area contributed by atoms with Crippen LogP contribution in [0.3, 0.4) is 0 Å². The number of para-hydroxylation sites is 1. The molecule has 1 fully saturated rings. The van der Waals surface area contributed by atoms with Gasteiger partial charge >= 0.3 is 5.69 Å². The van der Waals surface area contributed by atoms with Crippen LogP contribution in [-0.4, -0.2) is 47.1 Å². The summed E-state index contributed by atoms with van der Waals surface area (Å²) < 4.78 is 5.43. The molecule has 0 unspecified atom stereocenters. The minimum absolute atomic E-state index is 0.0325. The molecule has 0 radical (unpaired) electrons. The Morgan fingerprint density at radius 3 is 3.10 bits per heavy atom. The first-order chi connectivity index (χ1) is 10.2. The number of H-pyrrole nitrogens is 2. The van der Waals surface area contributed by atoms with Gasteiger partial charge in [-0.05, 0) is 25.5 Å². The first-order valence-corrected chi connectivity index (χ1v) is 7.27. The van der Waals surface area contributed by atoms with Crippen LogP contribution in [0.5, 0.6) is 0 Å². The summed E-state index contributed by atoms with van der Waals surface area (Å²) in [6.07, 6.45) is 0.964. The highest BCUT2D eigenvalue weighted by Crippen LogP contribution is 2.21. The number of nitrogens with one attached hydrogen (secondary N) is 2. The van der Waals surface area contributed by atoms with Gasteiger partial charge in [0.15, 0.2) is 0 Å². The van der Waals surface area contributed by atoms with E-state index in [1.54, 1.807) is 18.2 Å². The highest BCUT2D eigenvalue weighted by molar-refractivity contribution is 6.04. The molecule has 1 saturated heterocycles. The number of benzene rings is 1. The standard InChI is InChI=1S/C15H19N3O3/c1-2-21-9-10-6-7-18(8-10)14(19)11-4-3-5-12-13(11)17-15(20)16-12/h3-5,10H,2,6-9H2,1H3,(H2,16,17,20)/t10-/m0/s1. The van der Waals surface area contributed by atoms with Gasteiger partial charge in [0.25, 0.3) is 5.91 Å². The number of amides is 1. The Labute approximate surface area is 122 Å². The summed E-state index contributed by atoms with van der Waals surface area (Å²) in [6, 6.07) is 5.32. The fourth-order valence-corrected chi connectivity index (χ4v) is 2.84. The van der Waals surface area contributed by atoms with Crippen molar-refractivity contribution >= 4 is 16.9 Å². The molecule has 2 heterocycles. The van der Waals surface area contributed by atoms with Gasteiger partial charge in [-0.2, -0.15) is 0 Å². The van der Waals surface area contributed by atoms with Gasteiger partial charge in [0.1, 0.15) is 0 Å². The molecule has 0 aliphatic carbocycles. The summed E-state index contributed by atoms with van der Waals surface area (Å²) in [5, 5.41) is 0. The molecule has 1 aromatic heterocycles. The van der Waals surface area contributed by atoms with Crippen LogP contribution >= 0.6 is 0 Å². The summed E-state index contributed by atoms with van der Waals surface area (Å²) in [5.74, 6) is 0.369. The summed E-state index contributed by atoms with van der Waals surface area (Å²) >= 11 is 0. The molecule has 2 N–H and O–H groups in total. The fourth-order valence-electron chi connectivity index (χ4n) is 2.84. The van der Waals surface area contributed by atoms with E-state index in [-0.39, 0.29) is 11.6 Å². The molecule has 0 spiro atoms. The first-order valence-electron chi connectivity index (χ1n) is 7.27. The van der Waals surface area contributed by atoms with Gasteiger partial charge in [-0.3, -0.25) is 4.79 Å². The normalized spacial score (nSPS) is 18.5. The number of fused-ring (bicyclic) bond motifs is 1. The molecule has 0 saturated carbocycles. The molecule has 6 nitrogen and oxygen atoms in total. The van der Waals surface area contributed by atoms with Crippen LogP contribution in [0.25, 0.3) is 11.0 Å². The topological polar surface area (TPSA) is 78.2 Å². The minimum atomic E-state index is -0.291. The van der Waals surface area contributed by atoms with Crippen molar-refractivity contribution in [1.82, 2.24) is 14.9 Å². The number of hydrogen-bond donors (Lipinski definition) is 2. The Balaban J connectivity index is 1.80. The largest absolute Gasteiger partial charge is 0.381 e. The zero-order valence-electron chi connectivity index (χ0n) is 12.0. The fraction of sp³-hybridized carbons (Fsp3) is 0.467. The van der Waals surface area contributed by atoms with Gasteiger partial charge in [-0.15, -0.1) is 0 Å². The van der Waals surface area contributed by atoms with Gasteiger partial charge < -0.3 is 19.6 Å². The number of aromatic amines is 2. The number of imidazole rings is 1. The molecule has 112 valence electrons. The highest BCUT2D eigenvalue weighted by atomic mass is 16.5. The molecule has 2 aromatic rings. The maximum Gasteiger partial charge on any atom is 0.323 e. The Morgan fingerprint density at radius 2 is 2.29 bits per heavy atom. The van der Waals surface area contributed by atoms with Crippen molar-refractivity contribution in [1.29, 1.82) is 0 Å². The predicted molar refractivity (Wildman–Crippen MR) is 79.4 cm³/mol. The monoisotopic (exact) mass is 289 g/mol. The highest BCUT2D eigenvalue weighted by Gasteiger charge is 2.28. The Hall–Kier alpha value is -2.08. The molecule has 6 heteroatoms. The van der Waals surface area contributed by atoms with E-state index >= 15 is 0 Å². The van der Waals surface area contributed by atoms with Crippen LogP contribution in [0.15, 0.2) is 23.0 Å². The lowest BCUT2D eigenvalue weighted by molar-refractivity contribution is 0.0764. The van der Waals surface area contributed by atoms with Crippen molar-refractivity contribution in [2.45, 2.75) is 13.3 Å². The molecule has 1 aliphatic rings. The zero-order chi connectivity index (χ0) is 14.8. The number of likely N-dealkylation sites (tertiary alicyclic amines) is 1. The van der Waals surface area contributed by atoms with Crippen molar-refractivity contribution in [2.24, 2.45) is 5.92 Å². The first kappa shape index (κ1) is 13.9. The van der Waals surface area contributed by atoms with E-state index in [0.29, 0.717) is 42.3 Å². The van der Waals surface area contributed by atoms with Crippen LogP contribution in [0, 0.1) is 5.92 Å². The van der Waals surface area contributed by atoms with E-state index in [9.17, 15) is 9.59 Å². The van der Waals surface area contributed by atoms with Crippen LogP contribution < -0.4 is 5.69 Å². The maximum absolute atomic E-state index is 12.6. The lowest BCUT2D eigenvalue weighted by atomic mass is 10.1. The van der Waals surface area contributed by atoms with Crippen LogP contribution in [-0.2, 0) is 4.74 Å². The maximum atomic E-state index is 12.6. The Morgan fingerprint density at radius 1 is 1.43 bits per heavy atom. The van der Waals surface area contributed by atoms with E-state index < -0.39 is 0 Å². The van der Waals surface area contributed by atoms with Gasteiger partial charge in [0.05, 0.1) is 23.2 Å². The molecule has 0 bridgehead atoms. The van der Waals surface area contributed by atoms with E-state index in [2.05, 4.69) is 9.97 Å². The lowest BCUT2D eigenvalue weighted by Crippen LogP contribution is -2.29. The minimum Gasteiger partial charge on any atom is -0.381 e. The van der Waals surface area contributed by atoms with Gasteiger partial charge in [-0.1, -0.05) is 6.07 Å². The van der Waals surface area contributed by atoms with Crippen molar-refractivity contribution in [2.75, 3.05) is 26.3 Å². The number of aromatic nitrogens is 2. The van der Waals surface area contributed by atoms with Gasteiger partial charge in [0, 0.05) is 25.6 Å². The van der Waals surface area contributed by atoms with Crippen molar-refractivity contribution in [3.05, 3.63) is 34.2 Å². The third-order valence-electron chi connectivity index (χ3n) is 3.91. The second-order valence-corrected chi connectivity index (χ2v) is 5.37. The van der Waals surface area contributed by atoms with Crippen molar-refractivity contribution in [3.63, 3.8) is 0 Å². The lowest BCUT2D eigenvalue weighted by Gasteiger charge is -2.17. The molecular weight excluding hydrogens is 270 g/mol. The average Bonchev–Trinajstić information content (AvgIpc) is 3.09. The number of carbonyl (C=O) groups excluding carboxylic acids is 1. The smallest absolute Gasteiger partial charge is 0.323 e. The summed E-state index contributed by atoms with van der Waals surface area (Å²) in [6.45, 7) is 4.83. The molecular formula is C15H19N3O3. The molecule has 21 heavy (non-hydrogen) atoms. The second-order valence-electron chi connectivity index (χ2n) is 5.37. The van der Waals surface area contributed by atoms with Gasteiger partial charge in [-0.25, -0.2) is 4.79 Å². The summed E-state index contributed by atoms with van der Waals surface area (Å²) in [5.41, 5.74) is 1.50. The quantitative estimate of drug-likeness (QED) is 0.892. The summed E-state index contributed by atoms with van der Waals surface area (Å²) in [4.78, 5) is 31.3. The SMILES string of the molecule is CCOC[C@H]1CCN(C(=O)c2cccc3[nH]c(=O)[nH]c23)C1. The van der Waals surface area contributed by atoms with Crippen molar-refractivity contribution < 1.29 is 9.53 Å². The van der Waals surface area contributed by atoms with Crippen molar-refractivity contribution in [3.8, 4) is 0 Å². The van der Waals surface area contributed by atoms with E-state index in [4.69, 9.17) is 4.74 Å². The third kappa shape index (κ3) is 2.71.